The number of carbonyl (C=O) groups excluding carboxylic acids is 2. The lowest BCUT2D eigenvalue weighted by atomic mass is 10.3. The standard InChI is InChI=1S/C12H10N2O4S2/c1-17-11(15)19-9-10(20-12(16)18-2)14-8-6-4-3-5-7(8)13-9/h3-6H,1-2H3. The van der Waals surface area contributed by atoms with Gasteiger partial charge in [-0.1, -0.05) is 12.1 Å². The van der Waals surface area contributed by atoms with Crippen LogP contribution in [0.5, 0.6) is 0 Å². The van der Waals surface area contributed by atoms with Gasteiger partial charge < -0.3 is 9.47 Å². The number of aromatic nitrogens is 2. The molecule has 0 amide bonds. The predicted molar refractivity (Wildman–Crippen MR) is 76.1 cm³/mol. The highest BCUT2D eigenvalue weighted by Crippen LogP contribution is 2.31. The van der Waals surface area contributed by atoms with Gasteiger partial charge in [-0.15, -0.1) is 0 Å². The van der Waals surface area contributed by atoms with Crippen LogP contribution in [0.15, 0.2) is 34.3 Å². The molecule has 0 atom stereocenters. The van der Waals surface area contributed by atoms with Crippen molar-refractivity contribution < 1.29 is 19.1 Å². The molecule has 0 saturated carbocycles. The molecule has 8 heteroatoms. The largest absolute Gasteiger partial charge is 0.461 e. The highest BCUT2D eigenvalue weighted by atomic mass is 32.2. The van der Waals surface area contributed by atoms with Crippen LogP contribution < -0.4 is 0 Å². The Bertz CT molecular complexity index is 606. The van der Waals surface area contributed by atoms with Crippen LogP contribution in [0.25, 0.3) is 11.0 Å². The highest BCUT2D eigenvalue weighted by Gasteiger charge is 2.17. The van der Waals surface area contributed by atoms with Crippen molar-refractivity contribution in [3.8, 4) is 0 Å². The topological polar surface area (TPSA) is 78.4 Å². The predicted octanol–water partition coefficient (Wildman–Crippen LogP) is 3.35. The van der Waals surface area contributed by atoms with Gasteiger partial charge in [-0.3, -0.25) is 0 Å². The summed E-state index contributed by atoms with van der Waals surface area (Å²) >= 11 is 1.55. The molecule has 0 N–H and O–H groups in total. The molecule has 6 nitrogen and oxygen atoms in total. The van der Waals surface area contributed by atoms with Crippen LogP contribution in [0.3, 0.4) is 0 Å². The summed E-state index contributed by atoms with van der Waals surface area (Å²) in [5.41, 5.74) is 1.27. The number of fused-ring (bicyclic) bond motifs is 1. The molecule has 2 aromatic rings. The first-order valence-corrected chi connectivity index (χ1v) is 7.05. The number of benzene rings is 1. The molecule has 1 heterocycles. The first-order chi connectivity index (χ1) is 9.63. The fourth-order valence-corrected chi connectivity index (χ4v) is 2.63. The first-order valence-electron chi connectivity index (χ1n) is 5.42. The van der Waals surface area contributed by atoms with Crippen molar-refractivity contribution in [2.45, 2.75) is 10.1 Å². The number of methoxy groups -OCH3 is 2. The summed E-state index contributed by atoms with van der Waals surface area (Å²) < 4.78 is 9.17. The second-order valence-corrected chi connectivity index (χ2v) is 5.28. The SMILES string of the molecule is COC(=O)Sc1nc2ccccc2nc1SC(=O)OC. The Morgan fingerprint density at radius 3 is 1.65 bits per heavy atom. The maximum atomic E-state index is 11.4. The molecule has 0 saturated heterocycles. The highest BCUT2D eigenvalue weighted by molar-refractivity contribution is 8.15. The fourth-order valence-electron chi connectivity index (χ4n) is 1.34. The van der Waals surface area contributed by atoms with Crippen molar-refractivity contribution in [1.29, 1.82) is 0 Å². The quantitative estimate of drug-likeness (QED) is 0.617. The Morgan fingerprint density at radius 2 is 1.30 bits per heavy atom. The van der Waals surface area contributed by atoms with Gasteiger partial charge in [0.1, 0.15) is 10.1 Å². The first kappa shape index (κ1) is 14.6. The molecule has 0 unspecified atom stereocenters. The van der Waals surface area contributed by atoms with E-state index in [0.29, 0.717) is 21.1 Å². The van der Waals surface area contributed by atoms with Crippen LogP contribution in [-0.4, -0.2) is 34.8 Å². The number of para-hydroxylation sites is 2. The van der Waals surface area contributed by atoms with E-state index >= 15 is 0 Å². The van der Waals surface area contributed by atoms with Crippen molar-refractivity contribution in [1.82, 2.24) is 9.97 Å². The Kier molecular flexibility index (Phi) is 4.80. The van der Waals surface area contributed by atoms with E-state index < -0.39 is 10.6 Å². The van der Waals surface area contributed by atoms with Gasteiger partial charge in [0.2, 0.25) is 0 Å². The molecule has 2 rings (SSSR count). The summed E-state index contributed by atoms with van der Waals surface area (Å²) in [6.45, 7) is 0. The summed E-state index contributed by atoms with van der Waals surface area (Å²) in [6.07, 6.45) is 0. The summed E-state index contributed by atoms with van der Waals surface area (Å²) in [6, 6.07) is 7.18. The van der Waals surface area contributed by atoms with Gasteiger partial charge in [0.25, 0.3) is 0 Å². The van der Waals surface area contributed by atoms with E-state index in [0.717, 1.165) is 23.5 Å². The van der Waals surface area contributed by atoms with Gasteiger partial charge in [-0.25, -0.2) is 19.6 Å². The zero-order valence-corrected chi connectivity index (χ0v) is 12.3. The third-order valence-corrected chi connectivity index (χ3v) is 3.95. The van der Waals surface area contributed by atoms with E-state index in [1.54, 1.807) is 12.1 Å². The second-order valence-electron chi connectivity index (χ2n) is 3.43. The van der Waals surface area contributed by atoms with Crippen molar-refractivity contribution in [2.75, 3.05) is 14.2 Å². The maximum absolute atomic E-state index is 11.4. The van der Waals surface area contributed by atoms with E-state index in [1.807, 2.05) is 12.1 Å². The lowest BCUT2D eigenvalue weighted by Gasteiger charge is -2.06. The minimum absolute atomic E-state index is 0.311. The zero-order valence-electron chi connectivity index (χ0n) is 10.7. The number of carbonyl (C=O) groups is 2. The molecule has 0 fully saturated rings. The minimum atomic E-state index is -0.527. The normalized spacial score (nSPS) is 10.3. The molecule has 0 spiro atoms. The van der Waals surface area contributed by atoms with Gasteiger partial charge in [0.05, 0.1) is 25.3 Å². The van der Waals surface area contributed by atoms with E-state index in [1.165, 1.54) is 14.2 Å². The average molecular weight is 310 g/mol. The third kappa shape index (κ3) is 3.40. The molecular formula is C12H10N2O4S2. The number of ether oxygens (including phenoxy) is 2. The molecule has 0 aliphatic heterocycles. The van der Waals surface area contributed by atoms with Gasteiger partial charge in [-0.05, 0) is 12.1 Å². The van der Waals surface area contributed by atoms with Gasteiger partial charge in [0.15, 0.2) is 0 Å². The van der Waals surface area contributed by atoms with Crippen LogP contribution >= 0.6 is 23.5 Å². The molecular weight excluding hydrogens is 300 g/mol. The third-order valence-electron chi connectivity index (χ3n) is 2.20. The molecule has 0 radical (unpaired) electrons. The van der Waals surface area contributed by atoms with E-state index in [-0.39, 0.29) is 0 Å². The molecule has 0 bridgehead atoms. The van der Waals surface area contributed by atoms with Gasteiger partial charge in [0, 0.05) is 23.5 Å². The number of thioether (sulfide) groups is 2. The zero-order chi connectivity index (χ0) is 14.5. The number of nitrogens with zero attached hydrogens (tertiary/aromatic N) is 2. The van der Waals surface area contributed by atoms with Crippen molar-refractivity contribution in [3.63, 3.8) is 0 Å². The summed E-state index contributed by atoms with van der Waals surface area (Å²) in [5.74, 6) is 0. The van der Waals surface area contributed by atoms with E-state index in [4.69, 9.17) is 0 Å². The van der Waals surface area contributed by atoms with E-state index in [2.05, 4.69) is 19.4 Å². The number of hydrogen-bond donors (Lipinski definition) is 0. The van der Waals surface area contributed by atoms with Crippen molar-refractivity contribution in [2.24, 2.45) is 0 Å². The molecule has 1 aromatic heterocycles. The summed E-state index contributed by atoms with van der Waals surface area (Å²) in [7, 11) is 2.55. The smallest absolute Gasteiger partial charge is 0.373 e. The van der Waals surface area contributed by atoms with Gasteiger partial charge >= 0.3 is 10.6 Å². The van der Waals surface area contributed by atoms with Crippen LogP contribution in [0.1, 0.15) is 0 Å². The van der Waals surface area contributed by atoms with Crippen molar-refractivity contribution in [3.05, 3.63) is 24.3 Å². The molecule has 20 heavy (non-hydrogen) atoms. The fraction of sp³-hybridized carbons (Fsp3) is 0.167. The maximum Gasteiger partial charge on any atom is 0.373 e. The lowest BCUT2D eigenvalue weighted by Crippen LogP contribution is -1.99. The van der Waals surface area contributed by atoms with Crippen LogP contribution in [0.2, 0.25) is 0 Å². The van der Waals surface area contributed by atoms with Crippen molar-refractivity contribution >= 4 is 45.2 Å². The Labute approximate surface area is 123 Å². The van der Waals surface area contributed by atoms with Crippen LogP contribution in [-0.2, 0) is 9.47 Å². The van der Waals surface area contributed by atoms with Crippen LogP contribution in [0, 0.1) is 0 Å². The Balaban J connectivity index is 2.46. The second kappa shape index (κ2) is 6.58. The molecule has 0 aliphatic carbocycles. The number of hydrogen-bond acceptors (Lipinski definition) is 8. The minimum Gasteiger partial charge on any atom is -0.461 e. The van der Waals surface area contributed by atoms with Crippen LogP contribution in [0.4, 0.5) is 9.59 Å². The number of rotatable bonds is 2. The average Bonchev–Trinajstić information content (AvgIpc) is 2.47. The van der Waals surface area contributed by atoms with Gasteiger partial charge in [-0.2, -0.15) is 0 Å². The van der Waals surface area contributed by atoms with E-state index in [9.17, 15) is 9.59 Å². The molecule has 0 aliphatic rings. The summed E-state index contributed by atoms with van der Waals surface area (Å²) in [5, 5.41) is -0.431. The Morgan fingerprint density at radius 1 is 0.900 bits per heavy atom. The Hall–Kier alpha value is -1.80. The molecule has 104 valence electrons. The monoisotopic (exact) mass is 310 g/mol. The molecule has 1 aromatic carbocycles. The lowest BCUT2D eigenvalue weighted by molar-refractivity contribution is 0.199. The summed E-state index contributed by atoms with van der Waals surface area (Å²) in [4.78, 5) is 31.4.